The zero-order valence-electron chi connectivity index (χ0n) is 13.9. The molecule has 0 aromatic carbocycles. The minimum atomic E-state index is -3.43. The van der Waals surface area contributed by atoms with Crippen molar-refractivity contribution in [3.05, 3.63) is 23.9 Å². The highest BCUT2D eigenvalue weighted by Gasteiger charge is 2.36. The predicted octanol–water partition coefficient (Wildman–Crippen LogP) is 0.759. The zero-order valence-corrected chi connectivity index (χ0v) is 14.7. The number of fused-ring (bicyclic) bond motifs is 1. The molecule has 2 aliphatic heterocycles. The summed E-state index contributed by atoms with van der Waals surface area (Å²) in [7, 11) is -3.43. The zero-order chi connectivity index (χ0) is 18.0. The maximum Gasteiger partial charge on any atom is 0.339 e. The van der Waals surface area contributed by atoms with E-state index < -0.39 is 22.1 Å². The van der Waals surface area contributed by atoms with Crippen LogP contribution in [0.25, 0.3) is 0 Å². The third-order valence-corrected chi connectivity index (χ3v) is 5.30. The number of hydrogen-bond donors (Lipinski definition) is 0. The number of nitrogens with zero attached hydrogens (tertiary/aromatic N) is 2. The highest BCUT2D eigenvalue weighted by atomic mass is 32.2. The Morgan fingerprint density at radius 2 is 2.12 bits per heavy atom. The lowest BCUT2D eigenvalue weighted by molar-refractivity contribution is -0.153. The Bertz CT molecular complexity index is 763. The van der Waals surface area contributed by atoms with Crippen LogP contribution in [0.1, 0.15) is 26.2 Å². The minimum absolute atomic E-state index is 0.0515. The normalized spacial score (nSPS) is 22.4. The number of carbonyl (C=O) groups is 2. The van der Waals surface area contributed by atoms with E-state index >= 15 is 0 Å². The van der Waals surface area contributed by atoms with Crippen LogP contribution in [0.15, 0.2) is 28.3 Å². The lowest BCUT2D eigenvalue weighted by Crippen LogP contribution is -2.37. The van der Waals surface area contributed by atoms with Crippen molar-refractivity contribution in [2.24, 2.45) is 10.3 Å². The summed E-state index contributed by atoms with van der Waals surface area (Å²) in [5.41, 5.74) is 0.299. The van der Waals surface area contributed by atoms with Gasteiger partial charge in [-0.05, 0) is 37.8 Å². The van der Waals surface area contributed by atoms with E-state index in [4.69, 9.17) is 9.47 Å². The van der Waals surface area contributed by atoms with Gasteiger partial charge in [0.2, 0.25) is 0 Å². The van der Waals surface area contributed by atoms with Crippen molar-refractivity contribution in [3.8, 4) is 0 Å². The van der Waals surface area contributed by atoms with E-state index in [2.05, 4.69) is 4.40 Å². The molecule has 0 radical (unpaired) electrons. The quantitative estimate of drug-likeness (QED) is 0.638. The molecule has 1 aliphatic carbocycles. The van der Waals surface area contributed by atoms with E-state index in [1.165, 1.54) is 18.4 Å². The molecule has 0 saturated heterocycles. The fraction of sp³-hybridized carbons (Fsp3) is 0.562. The summed E-state index contributed by atoms with van der Waals surface area (Å²) in [6.07, 6.45) is 5.90. The Labute approximate surface area is 146 Å². The molecule has 0 N–H and O–H groups in total. The Balaban J connectivity index is 1.66. The number of rotatable bonds is 6. The highest BCUT2D eigenvalue weighted by Crippen LogP contribution is 2.36. The van der Waals surface area contributed by atoms with Crippen LogP contribution in [-0.2, 0) is 29.1 Å². The third-order valence-electron chi connectivity index (χ3n) is 4.14. The molecule has 0 aromatic heterocycles. The van der Waals surface area contributed by atoms with Gasteiger partial charge in [0.1, 0.15) is 11.9 Å². The van der Waals surface area contributed by atoms with Crippen LogP contribution >= 0.6 is 0 Å². The van der Waals surface area contributed by atoms with Gasteiger partial charge in [-0.25, -0.2) is 13.2 Å². The molecule has 9 heteroatoms. The second-order valence-corrected chi connectivity index (χ2v) is 7.89. The van der Waals surface area contributed by atoms with Gasteiger partial charge in [-0.1, -0.05) is 0 Å². The second kappa shape index (κ2) is 6.99. The summed E-state index contributed by atoms with van der Waals surface area (Å²) >= 11 is 0. The fourth-order valence-electron chi connectivity index (χ4n) is 2.68. The minimum Gasteiger partial charge on any atom is -0.466 e. The summed E-state index contributed by atoms with van der Waals surface area (Å²) < 4.78 is 37.1. The number of ether oxygens (including phenoxy) is 2. The summed E-state index contributed by atoms with van der Waals surface area (Å²) in [6.45, 7) is 2.25. The predicted molar refractivity (Wildman–Crippen MR) is 89.0 cm³/mol. The van der Waals surface area contributed by atoms with E-state index in [9.17, 15) is 18.0 Å². The summed E-state index contributed by atoms with van der Waals surface area (Å²) in [4.78, 5) is 25.7. The first kappa shape index (κ1) is 17.7. The number of sulfonamides is 1. The van der Waals surface area contributed by atoms with Crippen LogP contribution in [0.2, 0.25) is 0 Å². The molecule has 0 amide bonds. The van der Waals surface area contributed by atoms with Crippen LogP contribution in [0.3, 0.4) is 0 Å². The standard InChI is InChI=1S/C16H20N2O6S/c1-2-23-15(19)9-13(11-3-4-11)24-16(20)12-5-6-14-17-25(21,22)8-7-18(14)10-12/h5-6,10-11,13H,2-4,7-9H2,1H3/t13-/m1/s1. The monoisotopic (exact) mass is 368 g/mol. The van der Waals surface area contributed by atoms with Crippen molar-refractivity contribution >= 4 is 27.8 Å². The second-order valence-electron chi connectivity index (χ2n) is 6.14. The van der Waals surface area contributed by atoms with Crippen LogP contribution in [-0.4, -0.2) is 56.1 Å². The van der Waals surface area contributed by atoms with Gasteiger partial charge >= 0.3 is 11.9 Å². The molecule has 0 bridgehead atoms. The average Bonchev–Trinajstić information content (AvgIpc) is 3.38. The summed E-state index contributed by atoms with van der Waals surface area (Å²) in [5.74, 6) is -0.538. The van der Waals surface area contributed by atoms with Crippen LogP contribution in [0, 0.1) is 5.92 Å². The first-order valence-electron chi connectivity index (χ1n) is 8.24. The maximum atomic E-state index is 12.4. The topological polar surface area (TPSA) is 102 Å². The van der Waals surface area contributed by atoms with Crippen molar-refractivity contribution in [2.75, 3.05) is 18.9 Å². The molecule has 8 nitrogen and oxygen atoms in total. The molecule has 2 heterocycles. The van der Waals surface area contributed by atoms with Crippen molar-refractivity contribution in [3.63, 3.8) is 0 Å². The molecule has 1 fully saturated rings. The number of hydrogen-bond acceptors (Lipinski definition) is 7. The molecule has 1 atom stereocenters. The van der Waals surface area contributed by atoms with Crippen molar-refractivity contribution in [1.29, 1.82) is 0 Å². The molecule has 0 unspecified atom stereocenters. The Morgan fingerprint density at radius 3 is 2.80 bits per heavy atom. The molecule has 3 rings (SSSR count). The van der Waals surface area contributed by atoms with E-state index in [0.717, 1.165) is 12.8 Å². The van der Waals surface area contributed by atoms with E-state index in [-0.39, 0.29) is 43.0 Å². The van der Waals surface area contributed by atoms with Gasteiger partial charge in [0.25, 0.3) is 10.0 Å². The molecule has 1 saturated carbocycles. The molecule has 0 aromatic rings. The molecular formula is C16H20N2O6S. The van der Waals surface area contributed by atoms with Crippen LogP contribution < -0.4 is 0 Å². The third kappa shape index (κ3) is 4.47. The first-order valence-corrected chi connectivity index (χ1v) is 9.84. The van der Waals surface area contributed by atoms with Gasteiger partial charge in [0.05, 0.1) is 24.4 Å². The van der Waals surface area contributed by atoms with Gasteiger partial charge in [0.15, 0.2) is 0 Å². The van der Waals surface area contributed by atoms with Gasteiger partial charge in [-0.15, -0.1) is 4.40 Å². The van der Waals surface area contributed by atoms with Crippen molar-refractivity contribution < 1.29 is 27.5 Å². The first-order chi connectivity index (χ1) is 11.9. The van der Waals surface area contributed by atoms with Gasteiger partial charge in [-0.3, -0.25) is 4.79 Å². The Morgan fingerprint density at radius 1 is 1.36 bits per heavy atom. The smallest absolute Gasteiger partial charge is 0.339 e. The maximum absolute atomic E-state index is 12.4. The van der Waals surface area contributed by atoms with Crippen LogP contribution in [0.5, 0.6) is 0 Å². The SMILES string of the molecule is CCOC(=O)C[C@@H](OC(=O)C1=CN2CCS(=O)(=O)N=C2C=C1)C1CC1. The van der Waals surface area contributed by atoms with E-state index in [1.54, 1.807) is 11.8 Å². The molecule has 136 valence electrons. The molecule has 3 aliphatic rings. The number of carbonyl (C=O) groups excluding carboxylic acids is 2. The largest absolute Gasteiger partial charge is 0.466 e. The number of amidine groups is 1. The van der Waals surface area contributed by atoms with Crippen molar-refractivity contribution in [2.45, 2.75) is 32.3 Å². The summed E-state index contributed by atoms with van der Waals surface area (Å²) in [5, 5.41) is 0. The van der Waals surface area contributed by atoms with Gasteiger partial charge < -0.3 is 14.4 Å². The van der Waals surface area contributed by atoms with E-state index in [0.29, 0.717) is 5.57 Å². The fourth-order valence-corrected chi connectivity index (χ4v) is 3.65. The molecule has 25 heavy (non-hydrogen) atoms. The van der Waals surface area contributed by atoms with Crippen LogP contribution in [0.4, 0.5) is 0 Å². The van der Waals surface area contributed by atoms with E-state index in [1.807, 2.05) is 0 Å². The molecule has 0 spiro atoms. The Hall–Kier alpha value is -2.16. The Kier molecular flexibility index (Phi) is 4.94. The highest BCUT2D eigenvalue weighted by molar-refractivity contribution is 7.90. The van der Waals surface area contributed by atoms with Crippen molar-refractivity contribution in [1.82, 2.24) is 4.90 Å². The lowest BCUT2D eigenvalue weighted by atomic mass is 10.1. The number of esters is 2. The molecular weight excluding hydrogens is 348 g/mol. The van der Waals surface area contributed by atoms with Gasteiger partial charge in [0, 0.05) is 12.7 Å². The summed E-state index contributed by atoms with van der Waals surface area (Å²) in [6, 6.07) is 0. The average molecular weight is 368 g/mol. The van der Waals surface area contributed by atoms with Gasteiger partial charge in [-0.2, -0.15) is 0 Å². The lowest BCUT2D eigenvalue weighted by Gasteiger charge is -2.27.